The second-order valence-electron chi connectivity index (χ2n) is 5.18. The first-order valence-corrected chi connectivity index (χ1v) is 7.74. The number of amides is 1. The molecule has 1 aromatic carbocycles. The van der Waals surface area contributed by atoms with Crippen LogP contribution in [-0.2, 0) is 4.79 Å². The second-order valence-corrected chi connectivity index (χ2v) is 6.21. The van der Waals surface area contributed by atoms with Crippen molar-refractivity contribution in [1.82, 2.24) is 9.88 Å². The van der Waals surface area contributed by atoms with Gasteiger partial charge >= 0.3 is 0 Å². The molecule has 1 unspecified atom stereocenters. The van der Waals surface area contributed by atoms with Gasteiger partial charge in [0.15, 0.2) is 11.3 Å². The maximum absolute atomic E-state index is 12.2. The highest BCUT2D eigenvalue weighted by molar-refractivity contribution is 7.19. The maximum Gasteiger partial charge on any atom is 0.231 e. The normalized spacial score (nSPS) is 17.2. The molecule has 0 spiro atoms. The summed E-state index contributed by atoms with van der Waals surface area (Å²) in [5.41, 5.74) is 7.45. The minimum absolute atomic E-state index is 0.0776. The van der Waals surface area contributed by atoms with Gasteiger partial charge in [-0.15, -0.1) is 0 Å². The van der Waals surface area contributed by atoms with Gasteiger partial charge in [0.25, 0.3) is 0 Å². The van der Waals surface area contributed by atoms with E-state index in [1.807, 2.05) is 24.3 Å². The van der Waals surface area contributed by atoms with E-state index in [2.05, 4.69) is 16.5 Å². The van der Waals surface area contributed by atoms with E-state index in [1.165, 1.54) is 11.3 Å². The van der Waals surface area contributed by atoms with Gasteiger partial charge in [0.05, 0.1) is 10.8 Å². The van der Waals surface area contributed by atoms with Gasteiger partial charge < -0.3 is 16.0 Å². The van der Waals surface area contributed by atoms with Crippen LogP contribution in [0.4, 0.5) is 10.8 Å². The van der Waals surface area contributed by atoms with Gasteiger partial charge in [-0.3, -0.25) is 4.79 Å². The van der Waals surface area contributed by atoms with Crippen LogP contribution in [0, 0.1) is 17.4 Å². The Balaban J connectivity index is 1.67. The fourth-order valence-electron chi connectivity index (χ4n) is 2.43. The predicted molar refractivity (Wildman–Crippen MR) is 85.9 cm³/mol. The summed E-state index contributed by atoms with van der Waals surface area (Å²) in [6.07, 6.45) is 4.50. The second kappa shape index (κ2) is 6.03. The third-order valence-corrected chi connectivity index (χ3v) is 4.57. The smallest absolute Gasteiger partial charge is 0.231 e. The van der Waals surface area contributed by atoms with Gasteiger partial charge in [0.1, 0.15) is 0 Å². The van der Waals surface area contributed by atoms with Gasteiger partial charge in [-0.1, -0.05) is 23.5 Å². The number of nitrogen functional groups attached to an aromatic ring is 1. The first-order chi connectivity index (χ1) is 10.7. The van der Waals surface area contributed by atoms with E-state index >= 15 is 0 Å². The molecule has 3 rings (SSSR count). The van der Waals surface area contributed by atoms with Crippen molar-refractivity contribution in [2.24, 2.45) is 5.92 Å². The van der Waals surface area contributed by atoms with E-state index in [0.717, 1.165) is 10.4 Å². The molecule has 6 nitrogen and oxygen atoms in total. The minimum atomic E-state index is -0.153. The fraction of sp³-hybridized carbons (Fsp3) is 0.267. The lowest BCUT2D eigenvalue weighted by Crippen LogP contribution is -2.25. The largest absolute Gasteiger partial charge is 0.399 e. The molecule has 2 heterocycles. The van der Waals surface area contributed by atoms with E-state index in [1.54, 1.807) is 11.1 Å². The number of benzene rings is 1. The third-order valence-electron chi connectivity index (χ3n) is 3.61. The van der Waals surface area contributed by atoms with Crippen LogP contribution in [0.5, 0.6) is 0 Å². The Bertz CT molecular complexity index is 736. The van der Waals surface area contributed by atoms with Gasteiger partial charge in [-0.05, 0) is 24.1 Å². The molecule has 1 aromatic heterocycles. The van der Waals surface area contributed by atoms with Gasteiger partial charge in [0, 0.05) is 25.0 Å². The number of nitrogens with one attached hydrogen (secondary N) is 1. The maximum atomic E-state index is 12.2. The third kappa shape index (κ3) is 3.02. The van der Waals surface area contributed by atoms with Crippen LogP contribution in [0.1, 0.15) is 6.42 Å². The number of rotatable bonds is 3. The average molecular weight is 313 g/mol. The topological polar surface area (TPSA) is 95.0 Å². The summed E-state index contributed by atoms with van der Waals surface area (Å²) >= 11 is 1.41. The molecule has 0 bridgehead atoms. The highest BCUT2D eigenvalue weighted by atomic mass is 32.1. The van der Waals surface area contributed by atoms with Crippen LogP contribution < -0.4 is 11.1 Å². The Hall–Kier alpha value is -2.59. The van der Waals surface area contributed by atoms with Crippen LogP contribution in [0.15, 0.2) is 30.5 Å². The molecule has 0 saturated carbocycles. The molecule has 1 saturated heterocycles. The summed E-state index contributed by atoms with van der Waals surface area (Å²) in [6.45, 7) is 1.12. The van der Waals surface area contributed by atoms with Crippen molar-refractivity contribution in [1.29, 1.82) is 5.26 Å². The molecule has 0 aliphatic carbocycles. The molecule has 112 valence electrons. The van der Waals surface area contributed by atoms with E-state index in [9.17, 15) is 4.79 Å². The summed E-state index contributed by atoms with van der Waals surface area (Å²) in [4.78, 5) is 19.0. The fourth-order valence-corrected chi connectivity index (χ4v) is 3.25. The number of thiazole rings is 1. The number of hydrogen-bond acceptors (Lipinski definition) is 6. The number of hydrogen-bond donors (Lipinski definition) is 2. The Morgan fingerprint density at radius 1 is 1.55 bits per heavy atom. The predicted octanol–water partition coefficient (Wildman–Crippen LogP) is 2.13. The molecule has 22 heavy (non-hydrogen) atoms. The Morgan fingerprint density at radius 2 is 2.41 bits per heavy atom. The molecule has 1 atom stereocenters. The van der Waals surface area contributed by atoms with Crippen LogP contribution in [0.2, 0.25) is 0 Å². The number of nitriles is 1. The zero-order valence-electron chi connectivity index (χ0n) is 11.8. The highest BCUT2D eigenvalue weighted by Crippen LogP contribution is 2.30. The molecule has 2 aromatic rings. The minimum Gasteiger partial charge on any atom is -0.399 e. The Labute approximate surface area is 132 Å². The summed E-state index contributed by atoms with van der Waals surface area (Å²) in [6, 6.07) is 7.55. The van der Waals surface area contributed by atoms with Crippen molar-refractivity contribution in [2.45, 2.75) is 6.42 Å². The molecule has 1 aliphatic heterocycles. The zero-order chi connectivity index (χ0) is 15.5. The summed E-state index contributed by atoms with van der Waals surface area (Å²) in [5, 5.41) is 12.2. The van der Waals surface area contributed by atoms with Crippen LogP contribution in [-0.4, -0.2) is 28.9 Å². The number of carbonyl (C=O) groups is 1. The first-order valence-electron chi connectivity index (χ1n) is 6.93. The van der Waals surface area contributed by atoms with E-state index < -0.39 is 0 Å². The quantitative estimate of drug-likeness (QED) is 0.668. The van der Waals surface area contributed by atoms with Crippen LogP contribution >= 0.6 is 11.3 Å². The first kappa shape index (κ1) is 14.4. The lowest BCUT2D eigenvalue weighted by atomic mass is 10.1. The van der Waals surface area contributed by atoms with Crippen molar-refractivity contribution < 1.29 is 4.79 Å². The van der Waals surface area contributed by atoms with Crippen LogP contribution in [0.25, 0.3) is 10.4 Å². The molecule has 7 heteroatoms. The van der Waals surface area contributed by atoms with Crippen LogP contribution in [0.3, 0.4) is 0 Å². The molecular weight excluding hydrogens is 298 g/mol. The summed E-state index contributed by atoms with van der Waals surface area (Å²) < 4.78 is 0. The number of aromatic nitrogens is 1. The molecular formula is C15H15N5OS. The number of nitrogens with zero attached hydrogens (tertiary/aromatic N) is 3. The summed E-state index contributed by atoms with van der Waals surface area (Å²) in [5.74, 6) is -0.231. The Morgan fingerprint density at radius 3 is 3.14 bits per heavy atom. The van der Waals surface area contributed by atoms with Gasteiger partial charge in [-0.25, -0.2) is 4.98 Å². The van der Waals surface area contributed by atoms with Crippen molar-refractivity contribution in [3.8, 4) is 16.6 Å². The number of likely N-dealkylation sites (tertiary alicyclic amines) is 1. The number of nitrogens with two attached hydrogens (primary N) is 1. The van der Waals surface area contributed by atoms with Crippen molar-refractivity contribution >= 4 is 28.1 Å². The molecule has 1 amide bonds. The highest BCUT2D eigenvalue weighted by Gasteiger charge is 2.28. The monoisotopic (exact) mass is 313 g/mol. The van der Waals surface area contributed by atoms with E-state index in [-0.39, 0.29) is 11.8 Å². The SMILES string of the molecule is N#CN1CCC(C(=O)Nc2ncc(-c3cccc(N)c3)s2)C1. The number of carbonyl (C=O) groups excluding carboxylic acids is 1. The standard InChI is InChI=1S/C15H15N5OS/c16-9-20-5-4-11(8-20)14(21)19-15-18-7-13(22-15)10-2-1-3-12(17)6-10/h1-3,6-7,11H,4-5,8,17H2,(H,18,19,21). The summed E-state index contributed by atoms with van der Waals surface area (Å²) in [7, 11) is 0. The molecule has 0 radical (unpaired) electrons. The lowest BCUT2D eigenvalue weighted by molar-refractivity contribution is -0.119. The average Bonchev–Trinajstić information content (AvgIpc) is 3.16. The van der Waals surface area contributed by atoms with E-state index in [0.29, 0.717) is 30.3 Å². The van der Waals surface area contributed by atoms with E-state index in [4.69, 9.17) is 11.0 Å². The molecule has 1 fully saturated rings. The Kier molecular flexibility index (Phi) is 3.94. The number of anilines is 2. The van der Waals surface area contributed by atoms with Crippen molar-refractivity contribution in [2.75, 3.05) is 24.1 Å². The molecule has 3 N–H and O–H groups in total. The lowest BCUT2D eigenvalue weighted by Gasteiger charge is -2.08. The van der Waals surface area contributed by atoms with Gasteiger partial charge in [0.2, 0.25) is 5.91 Å². The zero-order valence-corrected chi connectivity index (χ0v) is 12.6. The van der Waals surface area contributed by atoms with Gasteiger partial charge in [-0.2, -0.15) is 5.26 Å². The van der Waals surface area contributed by atoms with Crippen molar-refractivity contribution in [3.63, 3.8) is 0 Å². The van der Waals surface area contributed by atoms with Crippen molar-refractivity contribution in [3.05, 3.63) is 30.5 Å². The molecule has 1 aliphatic rings.